The van der Waals surface area contributed by atoms with Gasteiger partial charge in [0.15, 0.2) is 0 Å². The van der Waals surface area contributed by atoms with Gasteiger partial charge in [0.1, 0.15) is 5.84 Å². The van der Waals surface area contributed by atoms with Crippen molar-refractivity contribution in [3.63, 3.8) is 0 Å². The second kappa shape index (κ2) is 13.3. The van der Waals surface area contributed by atoms with Crippen LogP contribution in [0.5, 0.6) is 0 Å². The molecule has 0 unspecified atom stereocenters. The minimum Gasteiger partial charge on any atom is -0.304 e. The third-order valence-corrected chi connectivity index (χ3v) is 7.23. The Morgan fingerprint density at radius 2 is 0.833 bits per heavy atom. The lowest BCUT2D eigenvalue weighted by molar-refractivity contribution is 1.04. The lowest BCUT2D eigenvalue weighted by Gasteiger charge is -2.31. The van der Waals surface area contributed by atoms with E-state index in [1.165, 1.54) is 11.1 Å². The van der Waals surface area contributed by atoms with Gasteiger partial charge in [0.25, 0.3) is 0 Å². The zero-order valence-corrected chi connectivity index (χ0v) is 23.4. The average molecular weight is 541 g/mol. The van der Waals surface area contributed by atoms with Crippen LogP contribution >= 0.6 is 0 Å². The summed E-state index contributed by atoms with van der Waals surface area (Å²) in [4.78, 5) is 7.70. The molecular weight excluding hydrogens is 508 g/mol. The molecule has 0 atom stereocenters. The molecule has 0 amide bonds. The number of aliphatic imine (C=N–C) groups is 1. The molecule has 0 bridgehead atoms. The third-order valence-electron chi connectivity index (χ3n) is 7.23. The molecule has 0 aliphatic rings. The first kappa shape index (κ1) is 26.7. The Labute approximate surface area is 248 Å². The fourth-order valence-electron chi connectivity index (χ4n) is 5.22. The summed E-state index contributed by atoms with van der Waals surface area (Å²) in [5.74, 6) is 0.783. The van der Waals surface area contributed by atoms with Crippen molar-refractivity contribution in [3.8, 4) is 0 Å². The highest BCUT2D eigenvalue weighted by Gasteiger charge is 2.27. The number of benzene rings is 6. The summed E-state index contributed by atoms with van der Waals surface area (Å²) in [6.45, 7) is 0. The van der Waals surface area contributed by atoms with Crippen LogP contribution in [-0.2, 0) is 0 Å². The molecule has 6 aromatic carbocycles. The first-order valence-corrected chi connectivity index (χ1v) is 14.3. The van der Waals surface area contributed by atoms with Crippen LogP contribution < -0.4 is 4.90 Å². The maximum Gasteiger partial charge on any atom is 0.125 e. The summed E-state index contributed by atoms with van der Waals surface area (Å²) in [5.41, 5.74) is 7.68. The lowest BCUT2D eigenvalue weighted by atomic mass is 9.89. The van der Waals surface area contributed by atoms with E-state index in [0.717, 1.165) is 33.9 Å². The van der Waals surface area contributed by atoms with Crippen LogP contribution in [0.3, 0.4) is 0 Å². The number of anilines is 1. The molecule has 42 heavy (non-hydrogen) atoms. The summed E-state index contributed by atoms with van der Waals surface area (Å²) in [7, 11) is 0. The molecule has 0 fully saturated rings. The maximum atomic E-state index is 5.43. The average Bonchev–Trinajstić information content (AvgIpc) is 3.08. The van der Waals surface area contributed by atoms with Gasteiger partial charge in [-0.15, -0.1) is 0 Å². The molecular formula is C40H32N2. The summed E-state index contributed by atoms with van der Waals surface area (Å²) in [6.07, 6.45) is 2.25. The van der Waals surface area contributed by atoms with Gasteiger partial charge in [-0.25, -0.2) is 4.99 Å². The number of para-hydroxylation sites is 2. The smallest absolute Gasteiger partial charge is 0.125 e. The molecule has 0 spiro atoms. The molecule has 0 aliphatic heterocycles. The first-order valence-electron chi connectivity index (χ1n) is 14.3. The van der Waals surface area contributed by atoms with E-state index >= 15 is 0 Å². The van der Waals surface area contributed by atoms with Crippen molar-refractivity contribution >= 4 is 22.8 Å². The van der Waals surface area contributed by atoms with E-state index in [2.05, 4.69) is 175 Å². The first-order chi connectivity index (χ1) is 20.9. The van der Waals surface area contributed by atoms with Crippen molar-refractivity contribution in [1.29, 1.82) is 0 Å². The van der Waals surface area contributed by atoms with Gasteiger partial charge in [-0.1, -0.05) is 158 Å². The van der Waals surface area contributed by atoms with Gasteiger partial charge in [0.2, 0.25) is 0 Å². The van der Waals surface area contributed by atoms with E-state index in [9.17, 15) is 0 Å². The van der Waals surface area contributed by atoms with E-state index in [-0.39, 0.29) is 5.92 Å². The molecule has 0 saturated carbocycles. The number of hydrogen-bond donors (Lipinski definition) is 0. The summed E-state index contributed by atoms with van der Waals surface area (Å²) in [5, 5.41) is 0. The van der Waals surface area contributed by atoms with Crippen molar-refractivity contribution < 1.29 is 0 Å². The summed E-state index contributed by atoms with van der Waals surface area (Å²) in [6, 6.07) is 63.3. The second-order valence-corrected chi connectivity index (χ2v) is 10.0. The number of nitrogens with zero attached hydrogens (tertiary/aromatic N) is 2. The number of hydrogen-bond acceptors (Lipinski definition) is 1. The van der Waals surface area contributed by atoms with Crippen molar-refractivity contribution in [2.45, 2.75) is 5.92 Å². The molecule has 2 nitrogen and oxygen atoms in total. The normalized spacial score (nSPS) is 11.2. The van der Waals surface area contributed by atoms with Crippen LogP contribution in [0.2, 0.25) is 0 Å². The summed E-state index contributed by atoms with van der Waals surface area (Å²) < 4.78 is 0. The maximum absolute atomic E-state index is 5.43. The predicted octanol–water partition coefficient (Wildman–Crippen LogP) is 10.1. The zero-order chi connectivity index (χ0) is 28.4. The highest BCUT2D eigenvalue weighted by atomic mass is 15.2. The third kappa shape index (κ3) is 6.29. The highest BCUT2D eigenvalue weighted by Crippen LogP contribution is 2.34. The van der Waals surface area contributed by atoms with E-state index < -0.39 is 0 Å². The fraction of sp³-hybridized carbons (Fsp3) is 0.0250. The second-order valence-electron chi connectivity index (χ2n) is 10.0. The molecule has 0 N–H and O–H groups in total. The minimum absolute atomic E-state index is 0.128. The Hall–Kier alpha value is -5.47. The lowest BCUT2D eigenvalue weighted by Crippen LogP contribution is -2.32. The van der Waals surface area contributed by atoms with Gasteiger partial charge in [-0.05, 0) is 46.5 Å². The number of rotatable bonds is 8. The Bertz CT molecular complexity index is 1650. The molecule has 0 aromatic heterocycles. The standard InChI is InChI=1S/C40H32N2/c1-7-19-32(20-8-1)38(33-21-9-2-10-22-33)31-42(37-29-17-6-18-30-37)40(41-36-27-15-5-16-28-36)39(34-23-11-3-12-24-34)35-25-13-4-14-26-35/h1-31,39H/b41-40-. The van der Waals surface area contributed by atoms with Crippen LogP contribution in [0.25, 0.3) is 5.57 Å². The predicted molar refractivity (Wildman–Crippen MR) is 177 cm³/mol. The van der Waals surface area contributed by atoms with E-state index in [0.29, 0.717) is 0 Å². The Balaban J connectivity index is 1.66. The number of amidine groups is 1. The van der Waals surface area contributed by atoms with Crippen molar-refractivity contribution in [2.24, 2.45) is 4.99 Å². The molecule has 0 aliphatic carbocycles. The van der Waals surface area contributed by atoms with Crippen LogP contribution in [0, 0.1) is 0 Å². The van der Waals surface area contributed by atoms with Gasteiger partial charge in [0, 0.05) is 17.5 Å². The van der Waals surface area contributed by atoms with E-state index in [4.69, 9.17) is 4.99 Å². The molecule has 6 aromatic rings. The van der Waals surface area contributed by atoms with Crippen LogP contribution in [-0.4, -0.2) is 5.84 Å². The molecule has 202 valence electrons. The Morgan fingerprint density at radius 1 is 0.452 bits per heavy atom. The summed E-state index contributed by atoms with van der Waals surface area (Å²) >= 11 is 0. The highest BCUT2D eigenvalue weighted by molar-refractivity contribution is 6.08. The largest absolute Gasteiger partial charge is 0.304 e. The van der Waals surface area contributed by atoms with E-state index in [1.807, 2.05) is 18.2 Å². The minimum atomic E-state index is -0.128. The van der Waals surface area contributed by atoms with Gasteiger partial charge in [0.05, 0.1) is 11.6 Å². The Kier molecular flexibility index (Phi) is 8.44. The molecule has 2 heteroatoms. The molecule has 0 saturated heterocycles. The van der Waals surface area contributed by atoms with Crippen molar-refractivity contribution in [3.05, 3.63) is 210 Å². The van der Waals surface area contributed by atoms with Crippen LogP contribution in [0.1, 0.15) is 28.2 Å². The monoisotopic (exact) mass is 540 g/mol. The van der Waals surface area contributed by atoms with Gasteiger partial charge < -0.3 is 4.90 Å². The SMILES string of the molecule is C(=C(c1ccccc1)c1ccccc1)N(/C(=N\c1ccccc1)C(c1ccccc1)c1ccccc1)c1ccccc1. The topological polar surface area (TPSA) is 15.6 Å². The molecule has 0 heterocycles. The van der Waals surface area contributed by atoms with Crippen LogP contribution in [0.4, 0.5) is 11.4 Å². The van der Waals surface area contributed by atoms with Gasteiger partial charge >= 0.3 is 0 Å². The Morgan fingerprint density at radius 3 is 1.29 bits per heavy atom. The zero-order valence-electron chi connectivity index (χ0n) is 23.4. The molecule has 6 rings (SSSR count). The fourth-order valence-corrected chi connectivity index (χ4v) is 5.22. The molecule has 0 radical (unpaired) electrons. The van der Waals surface area contributed by atoms with Gasteiger partial charge in [-0.3, -0.25) is 0 Å². The van der Waals surface area contributed by atoms with E-state index in [1.54, 1.807) is 0 Å². The quantitative estimate of drug-likeness (QED) is 0.138. The van der Waals surface area contributed by atoms with Crippen LogP contribution in [0.15, 0.2) is 193 Å². The van der Waals surface area contributed by atoms with Crippen molar-refractivity contribution in [1.82, 2.24) is 0 Å². The van der Waals surface area contributed by atoms with Gasteiger partial charge in [-0.2, -0.15) is 0 Å². The van der Waals surface area contributed by atoms with Crippen molar-refractivity contribution in [2.75, 3.05) is 4.90 Å².